The number of aliphatic imine (C=N–C) groups is 1. The number of nitrogens with zero attached hydrogens (tertiary/aromatic N) is 4. The number of H-pyrrole nitrogens is 1. The highest BCUT2D eigenvalue weighted by molar-refractivity contribution is 5.79. The second kappa shape index (κ2) is 11.7. The van der Waals surface area contributed by atoms with Crippen molar-refractivity contribution in [1.82, 2.24) is 25.1 Å². The maximum absolute atomic E-state index is 11.8. The van der Waals surface area contributed by atoms with Crippen LogP contribution in [0.1, 0.15) is 18.3 Å². The summed E-state index contributed by atoms with van der Waals surface area (Å²) in [6.07, 6.45) is 1.86. The van der Waals surface area contributed by atoms with E-state index in [4.69, 9.17) is 9.73 Å². The zero-order chi connectivity index (χ0) is 23.6. The van der Waals surface area contributed by atoms with Gasteiger partial charge in [-0.25, -0.2) is 9.98 Å². The Hall–Kier alpha value is -3.81. The number of benzene rings is 2. The first-order chi connectivity index (χ1) is 16.0. The van der Waals surface area contributed by atoms with Crippen molar-refractivity contribution in [1.29, 1.82) is 0 Å². The molecule has 1 aromatic heterocycles. The molecule has 1 amide bonds. The molecule has 0 saturated heterocycles. The molecule has 0 unspecified atom stereocenters. The Morgan fingerprint density at radius 2 is 1.91 bits per heavy atom. The molecule has 8 nitrogen and oxygen atoms in total. The van der Waals surface area contributed by atoms with Crippen LogP contribution in [0.2, 0.25) is 0 Å². The maximum Gasteiger partial charge on any atom is 0.259 e. The number of amides is 1. The second-order valence-electron chi connectivity index (χ2n) is 7.86. The molecule has 0 fully saturated rings. The van der Waals surface area contributed by atoms with Gasteiger partial charge >= 0.3 is 0 Å². The molecule has 0 aliphatic heterocycles. The molecule has 0 aliphatic rings. The lowest BCUT2D eigenvalue weighted by atomic mass is 10.2. The molecule has 2 aromatic carbocycles. The fraction of sp³-hybridized carbons (Fsp3) is 0.320. The van der Waals surface area contributed by atoms with E-state index in [1.54, 1.807) is 14.1 Å². The minimum absolute atomic E-state index is 0.0131. The third-order valence-corrected chi connectivity index (χ3v) is 4.97. The first-order valence-electron chi connectivity index (χ1n) is 11.0. The number of hydrogen-bond donors (Lipinski definition) is 2. The molecule has 33 heavy (non-hydrogen) atoms. The van der Waals surface area contributed by atoms with Gasteiger partial charge in [0.2, 0.25) is 0 Å². The summed E-state index contributed by atoms with van der Waals surface area (Å²) >= 11 is 0. The first-order valence-corrected chi connectivity index (χ1v) is 11.0. The van der Waals surface area contributed by atoms with Crippen molar-refractivity contribution in [3.63, 3.8) is 0 Å². The van der Waals surface area contributed by atoms with Gasteiger partial charge in [-0.3, -0.25) is 4.79 Å². The summed E-state index contributed by atoms with van der Waals surface area (Å²) in [6.45, 7) is 3.89. The Kier molecular flexibility index (Phi) is 8.46. The molecule has 8 heteroatoms. The van der Waals surface area contributed by atoms with Crippen molar-refractivity contribution >= 4 is 11.9 Å². The molecule has 174 valence electrons. The van der Waals surface area contributed by atoms with E-state index >= 15 is 0 Å². The molecular weight excluding hydrogens is 416 g/mol. The Balaban J connectivity index is 1.63. The minimum Gasteiger partial charge on any atom is -0.484 e. The summed E-state index contributed by atoms with van der Waals surface area (Å²) < 4.78 is 5.61. The molecule has 0 spiro atoms. The lowest BCUT2D eigenvalue weighted by Crippen LogP contribution is -2.38. The van der Waals surface area contributed by atoms with Gasteiger partial charge in [-0.2, -0.15) is 0 Å². The fourth-order valence-corrected chi connectivity index (χ4v) is 3.15. The van der Waals surface area contributed by atoms with Crippen molar-refractivity contribution in [3.05, 3.63) is 72.2 Å². The van der Waals surface area contributed by atoms with E-state index in [9.17, 15) is 4.79 Å². The number of carbonyl (C=O) groups excluding carboxylic acids is 1. The largest absolute Gasteiger partial charge is 0.484 e. The highest BCUT2D eigenvalue weighted by Crippen LogP contribution is 2.17. The van der Waals surface area contributed by atoms with Gasteiger partial charge in [0.25, 0.3) is 5.91 Å². The summed E-state index contributed by atoms with van der Waals surface area (Å²) in [7, 11) is 5.40. The van der Waals surface area contributed by atoms with Gasteiger partial charge in [-0.15, -0.1) is 0 Å². The van der Waals surface area contributed by atoms with E-state index in [2.05, 4.69) is 27.4 Å². The van der Waals surface area contributed by atoms with Gasteiger partial charge in [0, 0.05) is 27.7 Å². The average Bonchev–Trinajstić information content (AvgIpc) is 3.29. The molecule has 2 N–H and O–H groups in total. The fourth-order valence-electron chi connectivity index (χ4n) is 3.15. The number of carbonyl (C=O) groups is 1. The summed E-state index contributed by atoms with van der Waals surface area (Å²) in [4.78, 5) is 28.0. The highest BCUT2D eigenvalue weighted by atomic mass is 16.5. The van der Waals surface area contributed by atoms with Crippen molar-refractivity contribution in [2.45, 2.75) is 20.0 Å². The highest BCUT2D eigenvalue weighted by Gasteiger charge is 2.10. The zero-order valence-electron chi connectivity index (χ0n) is 19.7. The molecule has 3 aromatic rings. The van der Waals surface area contributed by atoms with Gasteiger partial charge in [-0.1, -0.05) is 42.5 Å². The number of aromatic amines is 1. The Labute approximate surface area is 195 Å². The van der Waals surface area contributed by atoms with Crippen LogP contribution in [0.4, 0.5) is 0 Å². The standard InChI is InChI=1S/C25H32N6O2/c1-5-26-25(28-15-19-10-9-13-21(14-19)33-18-24(32)30(2)3)31(4)17-23-27-16-22(29-23)20-11-7-6-8-12-20/h6-14,16H,5,15,17-18H2,1-4H3,(H,26,28)(H,27,29). The lowest BCUT2D eigenvalue weighted by Gasteiger charge is -2.21. The van der Waals surface area contributed by atoms with Crippen LogP contribution in [0.3, 0.4) is 0 Å². The molecule has 1 heterocycles. The number of aromatic nitrogens is 2. The summed E-state index contributed by atoms with van der Waals surface area (Å²) in [6, 6.07) is 17.8. The number of imidazole rings is 1. The molecule has 0 radical (unpaired) electrons. The average molecular weight is 449 g/mol. The number of rotatable bonds is 9. The summed E-state index contributed by atoms with van der Waals surface area (Å²) in [5, 5.41) is 3.33. The van der Waals surface area contributed by atoms with Crippen LogP contribution in [0.15, 0.2) is 65.8 Å². The van der Waals surface area contributed by atoms with Crippen LogP contribution in [-0.4, -0.2) is 65.9 Å². The van der Waals surface area contributed by atoms with Gasteiger partial charge < -0.3 is 24.8 Å². The number of likely N-dealkylation sites (N-methyl/N-ethyl adjacent to an activating group) is 1. The smallest absolute Gasteiger partial charge is 0.259 e. The van der Waals surface area contributed by atoms with Crippen LogP contribution in [-0.2, 0) is 17.9 Å². The van der Waals surface area contributed by atoms with E-state index in [1.807, 2.05) is 67.5 Å². The molecule has 0 atom stereocenters. The molecule has 0 aliphatic carbocycles. The van der Waals surface area contributed by atoms with Gasteiger partial charge in [0.15, 0.2) is 12.6 Å². The van der Waals surface area contributed by atoms with Crippen LogP contribution in [0.25, 0.3) is 11.3 Å². The van der Waals surface area contributed by atoms with E-state index in [0.717, 1.165) is 35.1 Å². The minimum atomic E-state index is -0.0807. The van der Waals surface area contributed by atoms with E-state index in [1.165, 1.54) is 4.90 Å². The maximum atomic E-state index is 11.8. The number of guanidine groups is 1. The predicted octanol–water partition coefficient (Wildman–Crippen LogP) is 3.14. The van der Waals surface area contributed by atoms with Gasteiger partial charge in [-0.05, 0) is 30.2 Å². The van der Waals surface area contributed by atoms with Crippen LogP contribution < -0.4 is 10.1 Å². The predicted molar refractivity (Wildman–Crippen MR) is 131 cm³/mol. The van der Waals surface area contributed by atoms with Crippen LogP contribution in [0.5, 0.6) is 5.75 Å². The first kappa shape index (κ1) is 23.8. The summed E-state index contributed by atoms with van der Waals surface area (Å²) in [5.41, 5.74) is 3.09. The van der Waals surface area contributed by atoms with Crippen molar-refractivity contribution in [2.24, 2.45) is 4.99 Å². The van der Waals surface area contributed by atoms with Crippen LogP contribution in [0, 0.1) is 0 Å². The SMILES string of the molecule is CCNC(=NCc1cccc(OCC(=O)N(C)C)c1)N(C)Cc1ncc(-c2ccccc2)[nH]1. The Morgan fingerprint density at radius 3 is 2.64 bits per heavy atom. The molecular formula is C25H32N6O2. The number of nitrogens with one attached hydrogen (secondary N) is 2. The van der Waals surface area contributed by atoms with E-state index < -0.39 is 0 Å². The number of hydrogen-bond acceptors (Lipinski definition) is 4. The molecule has 3 rings (SSSR count). The monoisotopic (exact) mass is 448 g/mol. The quantitative estimate of drug-likeness (QED) is 0.388. The third kappa shape index (κ3) is 7.10. The van der Waals surface area contributed by atoms with Crippen molar-refractivity contribution < 1.29 is 9.53 Å². The molecule has 0 saturated carbocycles. The Morgan fingerprint density at radius 1 is 1.12 bits per heavy atom. The van der Waals surface area contributed by atoms with Crippen molar-refractivity contribution in [2.75, 3.05) is 34.3 Å². The summed E-state index contributed by atoms with van der Waals surface area (Å²) in [5.74, 6) is 2.22. The van der Waals surface area contributed by atoms with Crippen LogP contribution >= 0.6 is 0 Å². The van der Waals surface area contributed by atoms with E-state index in [-0.39, 0.29) is 12.5 Å². The zero-order valence-corrected chi connectivity index (χ0v) is 19.7. The third-order valence-electron chi connectivity index (χ3n) is 4.97. The van der Waals surface area contributed by atoms with Gasteiger partial charge in [0.1, 0.15) is 11.6 Å². The van der Waals surface area contributed by atoms with Crippen molar-refractivity contribution in [3.8, 4) is 17.0 Å². The normalized spacial score (nSPS) is 11.2. The topological polar surface area (TPSA) is 85.8 Å². The second-order valence-corrected chi connectivity index (χ2v) is 7.86. The van der Waals surface area contributed by atoms with Gasteiger partial charge in [0.05, 0.1) is 25.0 Å². The van der Waals surface area contributed by atoms with E-state index in [0.29, 0.717) is 18.8 Å². The number of ether oxygens (including phenoxy) is 1. The lowest BCUT2D eigenvalue weighted by molar-refractivity contribution is -0.130. The Bertz CT molecular complexity index is 1060. The molecule has 0 bridgehead atoms.